The van der Waals surface area contributed by atoms with Gasteiger partial charge in [0.25, 0.3) is 11.1 Å². The van der Waals surface area contributed by atoms with E-state index in [-0.39, 0.29) is 17.7 Å². The van der Waals surface area contributed by atoms with Crippen LogP contribution in [0.2, 0.25) is 0 Å². The molecule has 0 N–H and O–H groups in total. The summed E-state index contributed by atoms with van der Waals surface area (Å²) in [6, 6.07) is 13.3. The molecule has 0 radical (unpaired) electrons. The van der Waals surface area contributed by atoms with Gasteiger partial charge in [0.2, 0.25) is 0 Å². The van der Waals surface area contributed by atoms with Crippen LogP contribution in [0, 0.1) is 9.49 Å². The Labute approximate surface area is 188 Å². The highest BCUT2D eigenvalue weighted by molar-refractivity contribution is 14.1. The largest absolute Gasteiger partial charge is 0.493 e. The summed E-state index contributed by atoms with van der Waals surface area (Å²) in [5, 5.41) is -0.261. The lowest BCUT2D eigenvalue weighted by Gasteiger charge is -2.13. The van der Waals surface area contributed by atoms with E-state index < -0.39 is 0 Å². The monoisotopic (exact) mass is 523 g/mol. The Bertz CT molecular complexity index is 940. The fourth-order valence-electron chi connectivity index (χ4n) is 2.71. The minimum absolute atomic E-state index is 0.261. The van der Waals surface area contributed by atoms with Crippen LogP contribution >= 0.6 is 34.4 Å². The van der Waals surface area contributed by atoms with Gasteiger partial charge in [-0.3, -0.25) is 14.5 Å². The number of imide groups is 1. The average molecular weight is 523 g/mol. The molecular weight excluding hydrogens is 501 g/mol. The summed E-state index contributed by atoms with van der Waals surface area (Å²) in [5.41, 5.74) is 1.70. The number of rotatable bonds is 7. The quantitative estimate of drug-likeness (QED) is 0.351. The van der Waals surface area contributed by atoms with Crippen LogP contribution in [-0.4, -0.2) is 29.8 Å². The number of amides is 2. The molecule has 0 aliphatic carbocycles. The van der Waals surface area contributed by atoms with E-state index in [0.717, 1.165) is 26.5 Å². The fourth-order valence-corrected chi connectivity index (χ4v) is 3.91. The SMILES string of the molecule is COc1cc(/C=C2\SC(=O)N(Cc3ccc(I)cc3)C2=O)ccc1OCC(C)C. The van der Waals surface area contributed by atoms with Crippen LogP contribution in [0.4, 0.5) is 4.79 Å². The predicted octanol–water partition coefficient (Wildman–Crippen LogP) is 5.57. The molecule has 1 heterocycles. The molecule has 0 unspecified atom stereocenters. The van der Waals surface area contributed by atoms with Crippen molar-refractivity contribution in [2.75, 3.05) is 13.7 Å². The Balaban J connectivity index is 1.77. The molecule has 1 saturated heterocycles. The molecule has 2 aromatic rings. The summed E-state index contributed by atoms with van der Waals surface area (Å²) < 4.78 is 12.3. The lowest BCUT2D eigenvalue weighted by molar-refractivity contribution is -0.123. The van der Waals surface area contributed by atoms with Crippen molar-refractivity contribution >= 4 is 51.6 Å². The minimum Gasteiger partial charge on any atom is -0.493 e. The van der Waals surface area contributed by atoms with E-state index >= 15 is 0 Å². The van der Waals surface area contributed by atoms with E-state index in [0.29, 0.717) is 28.9 Å². The lowest BCUT2D eigenvalue weighted by atomic mass is 10.1. The number of hydrogen-bond donors (Lipinski definition) is 0. The van der Waals surface area contributed by atoms with Crippen molar-refractivity contribution in [2.45, 2.75) is 20.4 Å². The Hall–Kier alpha value is -2.00. The summed E-state index contributed by atoms with van der Waals surface area (Å²) in [7, 11) is 1.58. The Kier molecular flexibility index (Phi) is 7.23. The Morgan fingerprint density at radius 2 is 1.83 bits per heavy atom. The van der Waals surface area contributed by atoms with Crippen LogP contribution in [0.15, 0.2) is 47.4 Å². The molecule has 3 rings (SSSR count). The number of halogens is 1. The van der Waals surface area contributed by atoms with Crippen LogP contribution in [-0.2, 0) is 11.3 Å². The van der Waals surface area contributed by atoms with E-state index in [1.807, 2.05) is 42.5 Å². The van der Waals surface area contributed by atoms with Gasteiger partial charge < -0.3 is 9.47 Å². The molecule has 0 spiro atoms. The number of nitrogens with zero attached hydrogens (tertiary/aromatic N) is 1. The van der Waals surface area contributed by atoms with Crippen LogP contribution in [0.3, 0.4) is 0 Å². The van der Waals surface area contributed by atoms with Crippen molar-refractivity contribution in [3.8, 4) is 11.5 Å². The van der Waals surface area contributed by atoms with E-state index in [1.165, 1.54) is 4.90 Å². The third-order valence-corrected chi connectivity index (χ3v) is 5.81. The molecule has 1 fully saturated rings. The first kappa shape index (κ1) is 21.7. The summed E-state index contributed by atoms with van der Waals surface area (Å²) in [6.45, 7) is 5.01. The summed E-state index contributed by atoms with van der Waals surface area (Å²) in [6.07, 6.45) is 1.72. The molecule has 2 amide bonds. The lowest BCUT2D eigenvalue weighted by Crippen LogP contribution is -2.27. The van der Waals surface area contributed by atoms with Gasteiger partial charge in [0.15, 0.2) is 11.5 Å². The van der Waals surface area contributed by atoms with Gasteiger partial charge in [0, 0.05) is 3.57 Å². The highest BCUT2D eigenvalue weighted by atomic mass is 127. The molecule has 0 saturated carbocycles. The molecule has 1 aliphatic heterocycles. The van der Waals surface area contributed by atoms with Gasteiger partial charge in [-0.05, 0) is 81.7 Å². The van der Waals surface area contributed by atoms with Crippen molar-refractivity contribution in [1.29, 1.82) is 0 Å². The fraction of sp³-hybridized carbons (Fsp3) is 0.273. The van der Waals surface area contributed by atoms with Gasteiger partial charge in [-0.2, -0.15) is 0 Å². The molecule has 29 heavy (non-hydrogen) atoms. The number of thioether (sulfide) groups is 1. The Morgan fingerprint density at radius 3 is 2.48 bits per heavy atom. The van der Waals surface area contributed by atoms with Gasteiger partial charge >= 0.3 is 0 Å². The number of carbonyl (C=O) groups excluding carboxylic acids is 2. The zero-order chi connectivity index (χ0) is 21.0. The molecule has 1 aliphatic rings. The number of ether oxygens (including phenoxy) is 2. The minimum atomic E-state index is -0.280. The molecule has 2 aromatic carbocycles. The normalized spacial score (nSPS) is 15.5. The molecular formula is C22H22INO4S. The van der Waals surface area contributed by atoms with Gasteiger partial charge in [0.05, 0.1) is 25.2 Å². The molecule has 0 atom stereocenters. The maximum atomic E-state index is 12.7. The van der Waals surface area contributed by atoms with Crippen molar-refractivity contribution in [2.24, 2.45) is 5.92 Å². The topological polar surface area (TPSA) is 55.8 Å². The van der Waals surface area contributed by atoms with Crippen LogP contribution < -0.4 is 9.47 Å². The van der Waals surface area contributed by atoms with E-state index in [1.54, 1.807) is 13.2 Å². The smallest absolute Gasteiger partial charge is 0.293 e. The number of methoxy groups -OCH3 is 1. The predicted molar refractivity (Wildman–Crippen MR) is 124 cm³/mol. The zero-order valence-electron chi connectivity index (χ0n) is 16.5. The molecule has 0 bridgehead atoms. The third kappa shape index (κ3) is 5.54. The van der Waals surface area contributed by atoms with E-state index in [4.69, 9.17) is 9.47 Å². The molecule has 5 nitrogen and oxygen atoms in total. The van der Waals surface area contributed by atoms with Crippen LogP contribution in [0.25, 0.3) is 6.08 Å². The van der Waals surface area contributed by atoms with Crippen LogP contribution in [0.1, 0.15) is 25.0 Å². The summed E-state index contributed by atoms with van der Waals surface area (Å²) >= 11 is 3.18. The van der Waals surface area contributed by atoms with Gasteiger partial charge in [-0.1, -0.05) is 32.0 Å². The average Bonchev–Trinajstić information content (AvgIpc) is 2.95. The standard InChI is InChI=1S/C22H22INO4S/c1-14(2)13-28-18-9-6-16(10-19(18)27-3)11-20-21(25)24(22(26)29-20)12-15-4-7-17(23)8-5-15/h4-11,14H,12-13H2,1-3H3/b20-11-. The van der Waals surface area contributed by atoms with E-state index in [2.05, 4.69) is 36.4 Å². The van der Waals surface area contributed by atoms with E-state index in [9.17, 15) is 9.59 Å². The second-order valence-corrected chi connectivity index (χ2v) is 9.25. The maximum Gasteiger partial charge on any atom is 0.293 e. The number of hydrogen-bond acceptors (Lipinski definition) is 5. The van der Waals surface area contributed by atoms with Crippen molar-refractivity contribution in [1.82, 2.24) is 4.90 Å². The molecule has 7 heteroatoms. The maximum absolute atomic E-state index is 12.7. The van der Waals surface area contributed by atoms with Crippen LogP contribution in [0.5, 0.6) is 11.5 Å². The first-order chi connectivity index (χ1) is 13.9. The zero-order valence-corrected chi connectivity index (χ0v) is 19.5. The highest BCUT2D eigenvalue weighted by Gasteiger charge is 2.35. The Morgan fingerprint density at radius 1 is 1.10 bits per heavy atom. The second-order valence-electron chi connectivity index (χ2n) is 7.01. The third-order valence-electron chi connectivity index (χ3n) is 4.19. The van der Waals surface area contributed by atoms with Crippen molar-refractivity contribution in [3.63, 3.8) is 0 Å². The second kappa shape index (κ2) is 9.67. The molecule has 152 valence electrons. The summed E-state index contributed by atoms with van der Waals surface area (Å²) in [5.74, 6) is 1.37. The van der Waals surface area contributed by atoms with Crippen molar-refractivity contribution in [3.05, 3.63) is 62.1 Å². The van der Waals surface area contributed by atoms with Gasteiger partial charge in [0.1, 0.15) is 0 Å². The van der Waals surface area contributed by atoms with Crippen molar-refractivity contribution < 1.29 is 19.1 Å². The van der Waals surface area contributed by atoms with Gasteiger partial charge in [-0.15, -0.1) is 0 Å². The first-order valence-corrected chi connectivity index (χ1v) is 11.1. The summed E-state index contributed by atoms with van der Waals surface area (Å²) in [4.78, 5) is 26.8. The first-order valence-electron chi connectivity index (χ1n) is 9.18. The highest BCUT2D eigenvalue weighted by Crippen LogP contribution is 2.35. The number of benzene rings is 2. The van der Waals surface area contributed by atoms with Gasteiger partial charge in [-0.25, -0.2) is 0 Å². The molecule has 0 aromatic heterocycles. The number of carbonyl (C=O) groups is 2.